The first-order valence-corrected chi connectivity index (χ1v) is 5.76. The lowest BCUT2D eigenvalue weighted by molar-refractivity contribution is -0.140. The number of carbonyl (C=O) groups is 3. The molecule has 0 aromatic heterocycles. The summed E-state index contributed by atoms with van der Waals surface area (Å²) in [5, 5.41) is 10.9. The number of amides is 1. The Kier molecular flexibility index (Phi) is 5.66. The summed E-state index contributed by atoms with van der Waals surface area (Å²) >= 11 is 0. The summed E-state index contributed by atoms with van der Waals surface area (Å²) in [5.74, 6) is -1.74. The highest BCUT2D eigenvalue weighted by molar-refractivity contribution is 5.96. The molecule has 0 saturated heterocycles. The molecule has 6 heteroatoms. The molecule has 0 heterocycles. The van der Waals surface area contributed by atoms with Crippen LogP contribution in [0.1, 0.15) is 29.6 Å². The number of carbonyl (C=O) groups excluding carboxylic acids is 2. The van der Waals surface area contributed by atoms with E-state index >= 15 is 0 Å². The van der Waals surface area contributed by atoms with Crippen molar-refractivity contribution in [1.29, 1.82) is 0 Å². The molecule has 0 aliphatic heterocycles. The lowest BCUT2D eigenvalue weighted by atomic mass is 10.0. The molecule has 1 aromatic carbocycles. The predicted octanol–water partition coefficient (Wildman–Crippen LogP) is 1.38. The Labute approximate surface area is 109 Å². The normalized spacial score (nSPS) is 11.6. The van der Waals surface area contributed by atoms with Gasteiger partial charge in [0.2, 0.25) is 6.41 Å². The SMILES string of the molecule is O=CNC(CCCC(=O)c1ccc(F)cc1)C(=O)O. The van der Waals surface area contributed by atoms with Gasteiger partial charge in [-0.3, -0.25) is 9.59 Å². The molecular formula is C13H14FNO4. The van der Waals surface area contributed by atoms with Crippen LogP contribution in [0, 0.1) is 5.82 Å². The summed E-state index contributed by atoms with van der Waals surface area (Å²) in [7, 11) is 0. The number of carboxylic acids is 1. The van der Waals surface area contributed by atoms with Crippen LogP contribution in [-0.4, -0.2) is 29.3 Å². The van der Waals surface area contributed by atoms with Gasteiger partial charge in [-0.05, 0) is 37.1 Å². The van der Waals surface area contributed by atoms with E-state index in [9.17, 15) is 18.8 Å². The minimum atomic E-state index is -1.14. The maximum Gasteiger partial charge on any atom is 0.326 e. The fraction of sp³-hybridized carbons (Fsp3) is 0.308. The highest BCUT2D eigenvalue weighted by atomic mass is 19.1. The van der Waals surface area contributed by atoms with Crippen molar-refractivity contribution in [2.24, 2.45) is 0 Å². The van der Waals surface area contributed by atoms with Gasteiger partial charge in [0.1, 0.15) is 11.9 Å². The largest absolute Gasteiger partial charge is 0.480 e. The number of carboxylic acid groups (broad SMARTS) is 1. The van der Waals surface area contributed by atoms with Gasteiger partial charge in [0.15, 0.2) is 5.78 Å². The Bertz CT molecular complexity index is 458. The maximum absolute atomic E-state index is 12.7. The molecule has 0 aliphatic carbocycles. The van der Waals surface area contributed by atoms with Crippen LogP contribution >= 0.6 is 0 Å². The molecule has 0 saturated carbocycles. The Balaban J connectivity index is 2.43. The third kappa shape index (κ3) is 4.87. The molecule has 0 aliphatic rings. The van der Waals surface area contributed by atoms with Crippen LogP contribution in [0.15, 0.2) is 24.3 Å². The number of halogens is 1. The number of rotatable bonds is 8. The van der Waals surface area contributed by atoms with E-state index in [1.807, 2.05) is 0 Å². The molecular weight excluding hydrogens is 253 g/mol. The van der Waals surface area contributed by atoms with Gasteiger partial charge in [0.05, 0.1) is 0 Å². The Morgan fingerprint density at radius 1 is 1.32 bits per heavy atom. The zero-order chi connectivity index (χ0) is 14.3. The number of benzene rings is 1. The van der Waals surface area contributed by atoms with Crippen molar-refractivity contribution >= 4 is 18.2 Å². The van der Waals surface area contributed by atoms with Gasteiger partial charge in [-0.1, -0.05) is 0 Å². The van der Waals surface area contributed by atoms with Gasteiger partial charge < -0.3 is 10.4 Å². The average molecular weight is 267 g/mol. The molecule has 0 spiro atoms. The minimum absolute atomic E-state index is 0.149. The Morgan fingerprint density at radius 2 is 1.95 bits per heavy atom. The minimum Gasteiger partial charge on any atom is -0.480 e. The van der Waals surface area contributed by atoms with Crippen LogP contribution in [0.2, 0.25) is 0 Å². The summed E-state index contributed by atoms with van der Waals surface area (Å²) in [5.41, 5.74) is 0.386. The van der Waals surface area contributed by atoms with Crippen LogP contribution in [0.25, 0.3) is 0 Å². The van der Waals surface area contributed by atoms with Crippen molar-refractivity contribution in [3.63, 3.8) is 0 Å². The van der Waals surface area contributed by atoms with E-state index in [4.69, 9.17) is 5.11 Å². The monoisotopic (exact) mass is 267 g/mol. The van der Waals surface area contributed by atoms with E-state index in [0.717, 1.165) is 0 Å². The maximum atomic E-state index is 12.7. The smallest absolute Gasteiger partial charge is 0.326 e. The lowest BCUT2D eigenvalue weighted by Crippen LogP contribution is -2.35. The molecule has 0 radical (unpaired) electrons. The van der Waals surface area contributed by atoms with Crippen molar-refractivity contribution in [1.82, 2.24) is 5.32 Å². The number of aliphatic carboxylic acids is 1. The number of hydrogen-bond donors (Lipinski definition) is 2. The van der Waals surface area contributed by atoms with Crippen molar-refractivity contribution in [3.05, 3.63) is 35.6 Å². The molecule has 1 amide bonds. The molecule has 1 aromatic rings. The standard InChI is InChI=1S/C13H14FNO4/c14-10-6-4-9(5-7-10)12(17)3-1-2-11(13(18)19)15-8-16/h4-8,11H,1-3H2,(H,15,16)(H,18,19). The number of Topliss-reactive ketones (excluding diaryl/α,β-unsaturated/α-hetero) is 1. The first-order valence-electron chi connectivity index (χ1n) is 5.76. The third-order valence-electron chi connectivity index (χ3n) is 2.63. The quantitative estimate of drug-likeness (QED) is 0.550. The van der Waals surface area contributed by atoms with Crippen LogP contribution < -0.4 is 5.32 Å². The van der Waals surface area contributed by atoms with Crippen molar-refractivity contribution in [3.8, 4) is 0 Å². The molecule has 1 atom stereocenters. The second kappa shape index (κ2) is 7.25. The van der Waals surface area contributed by atoms with Crippen molar-refractivity contribution in [2.45, 2.75) is 25.3 Å². The summed E-state index contributed by atoms with van der Waals surface area (Å²) in [6.07, 6.45) is 0.964. The number of hydrogen-bond acceptors (Lipinski definition) is 3. The highest BCUT2D eigenvalue weighted by Crippen LogP contribution is 2.09. The molecule has 2 N–H and O–H groups in total. The second-order valence-electron chi connectivity index (χ2n) is 4.00. The van der Waals surface area contributed by atoms with Gasteiger partial charge >= 0.3 is 5.97 Å². The molecule has 19 heavy (non-hydrogen) atoms. The molecule has 1 unspecified atom stereocenters. The van der Waals surface area contributed by atoms with Crippen LogP contribution in [-0.2, 0) is 9.59 Å². The highest BCUT2D eigenvalue weighted by Gasteiger charge is 2.16. The molecule has 0 fully saturated rings. The summed E-state index contributed by atoms with van der Waals surface area (Å²) in [6, 6.07) is 4.17. The molecule has 102 valence electrons. The fourth-order valence-corrected chi connectivity index (χ4v) is 1.61. The molecule has 0 bridgehead atoms. The molecule has 5 nitrogen and oxygen atoms in total. The third-order valence-corrected chi connectivity index (χ3v) is 2.63. The summed E-state index contributed by atoms with van der Waals surface area (Å²) in [6.45, 7) is 0. The van der Waals surface area contributed by atoms with E-state index in [1.165, 1.54) is 24.3 Å². The Morgan fingerprint density at radius 3 is 2.47 bits per heavy atom. The van der Waals surface area contributed by atoms with Crippen molar-refractivity contribution in [2.75, 3.05) is 0 Å². The van der Waals surface area contributed by atoms with E-state index in [0.29, 0.717) is 18.4 Å². The zero-order valence-electron chi connectivity index (χ0n) is 10.1. The first-order chi connectivity index (χ1) is 9.04. The predicted molar refractivity (Wildman–Crippen MR) is 65.2 cm³/mol. The second-order valence-corrected chi connectivity index (χ2v) is 4.00. The number of nitrogens with one attached hydrogen (secondary N) is 1. The van der Waals surface area contributed by atoms with Gasteiger partial charge in [-0.2, -0.15) is 0 Å². The van der Waals surface area contributed by atoms with Crippen LogP contribution in [0.5, 0.6) is 0 Å². The van der Waals surface area contributed by atoms with Gasteiger partial charge in [0, 0.05) is 12.0 Å². The fourth-order valence-electron chi connectivity index (χ4n) is 1.61. The van der Waals surface area contributed by atoms with E-state index < -0.39 is 17.8 Å². The van der Waals surface area contributed by atoms with Gasteiger partial charge in [-0.25, -0.2) is 9.18 Å². The molecule has 1 rings (SSSR count). The number of ketones is 1. The van der Waals surface area contributed by atoms with Crippen molar-refractivity contribution < 1.29 is 23.9 Å². The summed E-state index contributed by atoms with van der Waals surface area (Å²) in [4.78, 5) is 32.6. The van der Waals surface area contributed by atoms with Crippen LogP contribution in [0.3, 0.4) is 0 Å². The summed E-state index contributed by atoms with van der Waals surface area (Å²) < 4.78 is 12.7. The lowest BCUT2D eigenvalue weighted by Gasteiger charge is -2.10. The van der Waals surface area contributed by atoms with Crippen LogP contribution in [0.4, 0.5) is 4.39 Å². The topological polar surface area (TPSA) is 83.5 Å². The van der Waals surface area contributed by atoms with Gasteiger partial charge in [0.25, 0.3) is 0 Å². The first kappa shape index (κ1) is 14.8. The zero-order valence-corrected chi connectivity index (χ0v) is 10.1. The van der Waals surface area contributed by atoms with E-state index in [2.05, 4.69) is 5.32 Å². The average Bonchev–Trinajstić information content (AvgIpc) is 2.38. The Hall–Kier alpha value is -2.24. The van der Waals surface area contributed by atoms with E-state index in [1.54, 1.807) is 0 Å². The van der Waals surface area contributed by atoms with E-state index in [-0.39, 0.29) is 18.6 Å². The van der Waals surface area contributed by atoms with Gasteiger partial charge in [-0.15, -0.1) is 0 Å².